The summed E-state index contributed by atoms with van der Waals surface area (Å²) in [5, 5.41) is 8.88. The Bertz CT molecular complexity index is 616. The first kappa shape index (κ1) is 20.3. The van der Waals surface area contributed by atoms with Gasteiger partial charge >= 0.3 is 0 Å². The molecule has 2 aromatic heterocycles. The number of thiazole rings is 2. The van der Waals surface area contributed by atoms with Gasteiger partial charge < -0.3 is 10.6 Å². The van der Waals surface area contributed by atoms with Crippen molar-refractivity contribution in [2.45, 2.75) is 40.2 Å². The number of aromatic nitrogens is 2. The highest BCUT2D eigenvalue weighted by Gasteiger charge is 2.05. The average Bonchev–Trinajstić information content (AvgIpc) is 3.09. The van der Waals surface area contributed by atoms with Crippen molar-refractivity contribution in [1.29, 1.82) is 0 Å². The van der Waals surface area contributed by atoms with Crippen molar-refractivity contribution >= 4 is 52.6 Å². The Balaban J connectivity index is 0.00000264. The fourth-order valence-corrected chi connectivity index (χ4v) is 3.65. The smallest absolute Gasteiger partial charge is 0.191 e. The molecule has 0 fully saturated rings. The van der Waals surface area contributed by atoms with Crippen LogP contribution in [0.15, 0.2) is 11.2 Å². The lowest BCUT2D eigenvalue weighted by Gasteiger charge is -2.09. The Morgan fingerprint density at radius 1 is 1.22 bits per heavy atom. The van der Waals surface area contributed by atoms with Crippen LogP contribution in [0.4, 0.5) is 0 Å². The molecule has 0 bridgehead atoms. The van der Waals surface area contributed by atoms with Crippen molar-refractivity contribution in [3.8, 4) is 0 Å². The first-order valence-corrected chi connectivity index (χ1v) is 9.06. The highest BCUT2D eigenvalue weighted by Crippen LogP contribution is 2.16. The zero-order valence-corrected chi connectivity index (χ0v) is 17.9. The molecule has 0 unspecified atom stereocenters. The molecule has 0 aliphatic rings. The molecule has 0 saturated carbocycles. The normalized spacial score (nSPS) is 11.2. The highest BCUT2D eigenvalue weighted by molar-refractivity contribution is 14.0. The molecule has 2 N–H and O–H groups in total. The second kappa shape index (κ2) is 10.2. The fourth-order valence-electron chi connectivity index (χ4n) is 1.91. The minimum Gasteiger partial charge on any atom is -0.356 e. The zero-order valence-electron chi connectivity index (χ0n) is 14.0. The van der Waals surface area contributed by atoms with Crippen molar-refractivity contribution in [3.05, 3.63) is 31.7 Å². The summed E-state index contributed by atoms with van der Waals surface area (Å²) >= 11 is 3.52. The molecule has 0 spiro atoms. The Labute approximate surface area is 163 Å². The molecule has 0 atom stereocenters. The third-order valence-corrected chi connectivity index (χ3v) is 5.56. The summed E-state index contributed by atoms with van der Waals surface area (Å²) in [7, 11) is 1.78. The summed E-state index contributed by atoms with van der Waals surface area (Å²) in [5.74, 6) is 0.803. The van der Waals surface area contributed by atoms with Crippen molar-refractivity contribution in [2.24, 2.45) is 4.99 Å². The molecule has 0 radical (unpaired) electrons. The van der Waals surface area contributed by atoms with Crippen LogP contribution in [0.2, 0.25) is 0 Å². The van der Waals surface area contributed by atoms with Crippen molar-refractivity contribution in [1.82, 2.24) is 20.6 Å². The van der Waals surface area contributed by atoms with E-state index in [2.05, 4.69) is 39.4 Å². The number of nitrogens with one attached hydrogen (secondary N) is 2. The van der Waals surface area contributed by atoms with Gasteiger partial charge in [-0.15, -0.1) is 46.7 Å². The molecule has 0 aliphatic heterocycles. The number of aryl methyl sites for hydroxylation is 3. The number of halogens is 1. The molecule has 0 aliphatic carbocycles. The first-order valence-electron chi connectivity index (χ1n) is 7.43. The Morgan fingerprint density at radius 3 is 2.57 bits per heavy atom. The molecule has 2 aromatic rings. The van der Waals surface area contributed by atoms with Crippen LogP contribution in [0.1, 0.15) is 32.4 Å². The lowest BCUT2D eigenvalue weighted by atomic mass is 10.4. The number of rotatable bonds is 6. The van der Waals surface area contributed by atoms with E-state index in [1.165, 1.54) is 14.8 Å². The highest BCUT2D eigenvalue weighted by atomic mass is 127. The van der Waals surface area contributed by atoms with Crippen LogP contribution < -0.4 is 10.6 Å². The molecule has 0 aromatic carbocycles. The topological polar surface area (TPSA) is 62.2 Å². The van der Waals surface area contributed by atoms with Crippen LogP contribution in [0.3, 0.4) is 0 Å². The maximum atomic E-state index is 4.52. The van der Waals surface area contributed by atoms with Crippen molar-refractivity contribution < 1.29 is 0 Å². The third kappa shape index (κ3) is 6.34. The van der Waals surface area contributed by atoms with Crippen LogP contribution in [0.5, 0.6) is 0 Å². The summed E-state index contributed by atoms with van der Waals surface area (Å²) in [6.07, 6.45) is 3.95. The summed E-state index contributed by atoms with van der Waals surface area (Å²) in [6, 6.07) is 0. The van der Waals surface area contributed by atoms with E-state index in [9.17, 15) is 0 Å². The summed E-state index contributed by atoms with van der Waals surface area (Å²) < 4.78 is 0. The van der Waals surface area contributed by atoms with Gasteiger partial charge in [0, 0.05) is 36.0 Å². The van der Waals surface area contributed by atoms with Gasteiger partial charge in [0.25, 0.3) is 0 Å². The molecule has 0 saturated heterocycles. The monoisotopic (exact) mass is 465 g/mol. The molecule has 5 nitrogen and oxygen atoms in total. The van der Waals surface area contributed by atoms with Crippen LogP contribution in [0, 0.1) is 13.8 Å². The molecule has 2 heterocycles. The van der Waals surface area contributed by atoms with Gasteiger partial charge in [-0.25, -0.2) is 9.97 Å². The molecular weight excluding hydrogens is 441 g/mol. The van der Waals surface area contributed by atoms with Crippen LogP contribution in [0.25, 0.3) is 0 Å². The number of nitrogens with zero attached hydrogens (tertiary/aromatic N) is 3. The summed E-state index contributed by atoms with van der Waals surface area (Å²) in [6.45, 7) is 7.83. The Hall–Kier alpha value is -0.740. The third-order valence-electron chi connectivity index (χ3n) is 3.28. The van der Waals surface area contributed by atoms with E-state index in [0.717, 1.165) is 36.0 Å². The lowest BCUT2D eigenvalue weighted by Crippen LogP contribution is -2.37. The lowest BCUT2D eigenvalue weighted by molar-refractivity contribution is 0.788. The molecule has 0 amide bonds. The van der Waals surface area contributed by atoms with Gasteiger partial charge in [-0.2, -0.15) is 0 Å². The second-order valence-corrected chi connectivity index (χ2v) is 7.41. The van der Waals surface area contributed by atoms with Crippen molar-refractivity contribution in [2.75, 3.05) is 13.6 Å². The first-order chi connectivity index (χ1) is 10.6. The van der Waals surface area contributed by atoms with Gasteiger partial charge in [0.1, 0.15) is 5.01 Å². The largest absolute Gasteiger partial charge is 0.356 e. The predicted octanol–water partition coefficient (Wildman–Crippen LogP) is 3.30. The standard InChI is InChI=1S/C15H23N5S2.HI/c1-5-12-8-18-13(22-12)6-7-17-15(16-4)19-9-14-20-10(2)11(3)21-14;/h8H,5-7,9H2,1-4H3,(H2,16,17,19);1H. The molecular formula is C15H24IN5S2. The maximum Gasteiger partial charge on any atom is 0.191 e. The van der Waals surface area contributed by atoms with E-state index >= 15 is 0 Å². The maximum absolute atomic E-state index is 4.52. The van der Waals surface area contributed by atoms with Crippen LogP contribution >= 0.6 is 46.7 Å². The Morgan fingerprint density at radius 2 is 2.00 bits per heavy atom. The second-order valence-electron chi connectivity index (χ2n) is 4.93. The number of guanidine groups is 1. The number of hydrogen-bond acceptors (Lipinski definition) is 5. The van der Waals surface area contributed by atoms with Crippen LogP contribution in [-0.2, 0) is 19.4 Å². The Kier molecular flexibility index (Phi) is 9.00. The van der Waals surface area contributed by atoms with E-state index in [4.69, 9.17) is 0 Å². The molecule has 8 heteroatoms. The molecule has 2 rings (SSSR count). The van der Waals surface area contributed by atoms with E-state index in [-0.39, 0.29) is 24.0 Å². The minimum atomic E-state index is 0. The van der Waals surface area contributed by atoms with E-state index in [1.54, 1.807) is 29.7 Å². The SMILES string of the molecule is CCc1cnc(CCNC(=NC)NCc2nc(C)c(C)s2)s1.I. The van der Waals surface area contributed by atoms with E-state index in [1.807, 2.05) is 13.1 Å². The van der Waals surface area contributed by atoms with Gasteiger partial charge in [-0.3, -0.25) is 4.99 Å². The van der Waals surface area contributed by atoms with Crippen LogP contribution in [-0.4, -0.2) is 29.5 Å². The molecule has 128 valence electrons. The van der Waals surface area contributed by atoms with Gasteiger partial charge in [-0.05, 0) is 20.3 Å². The number of hydrogen-bond donors (Lipinski definition) is 2. The van der Waals surface area contributed by atoms with E-state index < -0.39 is 0 Å². The fraction of sp³-hybridized carbons (Fsp3) is 0.533. The summed E-state index contributed by atoms with van der Waals surface area (Å²) in [4.78, 5) is 15.8. The zero-order chi connectivity index (χ0) is 15.9. The number of aliphatic imine (C=N–C) groups is 1. The predicted molar refractivity (Wildman–Crippen MR) is 110 cm³/mol. The molecule has 23 heavy (non-hydrogen) atoms. The van der Waals surface area contributed by atoms with Gasteiger partial charge in [0.2, 0.25) is 0 Å². The quantitative estimate of drug-likeness (QED) is 0.391. The van der Waals surface area contributed by atoms with E-state index in [0.29, 0.717) is 6.54 Å². The average molecular weight is 465 g/mol. The van der Waals surface area contributed by atoms with Gasteiger partial charge in [0.15, 0.2) is 5.96 Å². The summed E-state index contributed by atoms with van der Waals surface area (Å²) in [5.41, 5.74) is 1.11. The minimum absolute atomic E-state index is 0. The van der Waals surface area contributed by atoms with Gasteiger partial charge in [-0.1, -0.05) is 6.92 Å². The van der Waals surface area contributed by atoms with Crippen molar-refractivity contribution in [3.63, 3.8) is 0 Å². The van der Waals surface area contributed by atoms with Gasteiger partial charge in [0.05, 0.1) is 17.2 Å².